The molecule has 0 radical (unpaired) electrons. The van der Waals surface area contributed by atoms with Crippen molar-refractivity contribution in [2.75, 3.05) is 6.54 Å². The zero-order chi connectivity index (χ0) is 15.2. The SMILES string of the molecule is CCC(O)CCNC1CCC(NC(=O)OC(C)(C)C)C1. The fourth-order valence-electron chi connectivity index (χ4n) is 2.43. The highest BCUT2D eigenvalue weighted by molar-refractivity contribution is 5.68. The Morgan fingerprint density at radius 2 is 2.00 bits per heavy atom. The van der Waals surface area contributed by atoms with Gasteiger partial charge in [-0.2, -0.15) is 0 Å². The summed E-state index contributed by atoms with van der Waals surface area (Å²) in [5.74, 6) is 0. The van der Waals surface area contributed by atoms with Crippen molar-refractivity contribution in [1.82, 2.24) is 10.6 Å². The summed E-state index contributed by atoms with van der Waals surface area (Å²) in [6, 6.07) is 0.623. The van der Waals surface area contributed by atoms with Crippen LogP contribution in [0.25, 0.3) is 0 Å². The second-order valence-electron chi connectivity index (χ2n) is 6.66. The summed E-state index contributed by atoms with van der Waals surface area (Å²) in [5, 5.41) is 15.9. The average Bonchev–Trinajstić information content (AvgIpc) is 2.73. The van der Waals surface area contributed by atoms with Crippen LogP contribution in [-0.2, 0) is 4.74 Å². The number of carbonyl (C=O) groups is 1. The summed E-state index contributed by atoms with van der Waals surface area (Å²) >= 11 is 0. The Kier molecular flexibility index (Phi) is 6.76. The molecule has 0 heterocycles. The number of amides is 1. The standard InChI is InChI=1S/C15H30N2O3/c1-5-13(18)8-9-16-11-6-7-12(10-11)17-14(19)20-15(2,3)4/h11-13,16,18H,5-10H2,1-4H3,(H,17,19). The molecule has 0 aromatic rings. The molecule has 1 aliphatic carbocycles. The van der Waals surface area contributed by atoms with E-state index < -0.39 is 5.60 Å². The molecule has 1 saturated carbocycles. The van der Waals surface area contributed by atoms with Crippen molar-refractivity contribution in [2.45, 2.75) is 83.6 Å². The van der Waals surface area contributed by atoms with E-state index in [1.54, 1.807) is 0 Å². The lowest BCUT2D eigenvalue weighted by Crippen LogP contribution is -2.39. The molecule has 1 rings (SSSR count). The van der Waals surface area contributed by atoms with E-state index in [1.165, 1.54) is 0 Å². The van der Waals surface area contributed by atoms with Crippen LogP contribution < -0.4 is 10.6 Å². The summed E-state index contributed by atoms with van der Waals surface area (Å²) in [6.45, 7) is 8.42. The first kappa shape index (κ1) is 17.2. The monoisotopic (exact) mass is 286 g/mol. The van der Waals surface area contributed by atoms with Crippen LogP contribution in [0.3, 0.4) is 0 Å². The van der Waals surface area contributed by atoms with Crippen molar-refractivity contribution in [3.63, 3.8) is 0 Å². The van der Waals surface area contributed by atoms with Gasteiger partial charge in [-0.05, 0) is 59.4 Å². The predicted molar refractivity (Wildman–Crippen MR) is 79.7 cm³/mol. The molecule has 0 saturated heterocycles. The number of carbonyl (C=O) groups excluding carboxylic acids is 1. The number of alkyl carbamates (subject to hydrolysis) is 1. The number of hydrogen-bond acceptors (Lipinski definition) is 4. The molecule has 5 nitrogen and oxygen atoms in total. The molecule has 0 aliphatic heterocycles. The maximum Gasteiger partial charge on any atom is 0.407 e. The lowest BCUT2D eigenvalue weighted by molar-refractivity contribution is 0.0505. The van der Waals surface area contributed by atoms with Crippen LogP contribution in [-0.4, -0.2) is 41.5 Å². The Morgan fingerprint density at radius 1 is 1.35 bits per heavy atom. The van der Waals surface area contributed by atoms with Crippen molar-refractivity contribution in [2.24, 2.45) is 0 Å². The molecule has 20 heavy (non-hydrogen) atoms. The molecule has 1 fully saturated rings. The van der Waals surface area contributed by atoms with Gasteiger partial charge >= 0.3 is 6.09 Å². The van der Waals surface area contributed by atoms with E-state index in [2.05, 4.69) is 10.6 Å². The van der Waals surface area contributed by atoms with Gasteiger partial charge < -0.3 is 20.5 Å². The number of hydrogen-bond donors (Lipinski definition) is 3. The number of aliphatic hydroxyl groups is 1. The van der Waals surface area contributed by atoms with Gasteiger partial charge in [0.15, 0.2) is 0 Å². The first-order chi connectivity index (χ1) is 9.30. The van der Waals surface area contributed by atoms with E-state index in [1.807, 2.05) is 27.7 Å². The van der Waals surface area contributed by atoms with Crippen LogP contribution in [0.1, 0.15) is 59.8 Å². The molecule has 5 heteroatoms. The minimum Gasteiger partial charge on any atom is -0.444 e. The van der Waals surface area contributed by atoms with Gasteiger partial charge in [-0.1, -0.05) is 6.92 Å². The summed E-state index contributed by atoms with van der Waals surface area (Å²) in [5.41, 5.74) is -0.448. The van der Waals surface area contributed by atoms with Crippen LogP contribution >= 0.6 is 0 Å². The Hall–Kier alpha value is -0.810. The average molecular weight is 286 g/mol. The molecule has 0 aromatic heterocycles. The van der Waals surface area contributed by atoms with Crippen LogP contribution in [0, 0.1) is 0 Å². The van der Waals surface area contributed by atoms with Gasteiger partial charge in [0.25, 0.3) is 0 Å². The topological polar surface area (TPSA) is 70.6 Å². The molecule has 0 bridgehead atoms. The molecular weight excluding hydrogens is 256 g/mol. The lowest BCUT2D eigenvalue weighted by atomic mass is 10.2. The van der Waals surface area contributed by atoms with Gasteiger partial charge in [-0.25, -0.2) is 4.79 Å². The zero-order valence-electron chi connectivity index (χ0n) is 13.2. The van der Waals surface area contributed by atoms with Gasteiger partial charge in [0.05, 0.1) is 6.10 Å². The van der Waals surface area contributed by atoms with Gasteiger partial charge in [0.1, 0.15) is 5.60 Å². The fourth-order valence-corrected chi connectivity index (χ4v) is 2.43. The van der Waals surface area contributed by atoms with Gasteiger partial charge in [0.2, 0.25) is 0 Å². The third kappa shape index (κ3) is 7.10. The zero-order valence-corrected chi connectivity index (χ0v) is 13.2. The molecule has 3 atom stereocenters. The van der Waals surface area contributed by atoms with Crippen LogP contribution in [0.2, 0.25) is 0 Å². The van der Waals surface area contributed by atoms with E-state index in [0.29, 0.717) is 6.04 Å². The Morgan fingerprint density at radius 3 is 2.60 bits per heavy atom. The molecule has 118 valence electrons. The van der Waals surface area contributed by atoms with Crippen LogP contribution in [0.15, 0.2) is 0 Å². The minimum atomic E-state index is -0.448. The number of nitrogens with one attached hydrogen (secondary N) is 2. The maximum atomic E-state index is 11.7. The number of rotatable bonds is 6. The minimum absolute atomic E-state index is 0.193. The van der Waals surface area contributed by atoms with E-state index >= 15 is 0 Å². The fraction of sp³-hybridized carbons (Fsp3) is 0.933. The second kappa shape index (κ2) is 7.84. The highest BCUT2D eigenvalue weighted by atomic mass is 16.6. The van der Waals surface area contributed by atoms with Crippen LogP contribution in [0.5, 0.6) is 0 Å². The van der Waals surface area contributed by atoms with Crippen molar-refractivity contribution in [1.29, 1.82) is 0 Å². The molecule has 0 spiro atoms. The highest BCUT2D eigenvalue weighted by Crippen LogP contribution is 2.20. The van der Waals surface area contributed by atoms with E-state index in [-0.39, 0.29) is 18.2 Å². The maximum absolute atomic E-state index is 11.7. The third-order valence-corrected chi connectivity index (χ3v) is 3.54. The molecule has 3 unspecified atom stereocenters. The Bertz CT molecular complexity index is 302. The first-order valence-corrected chi connectivity index (χ1v) is 7.71. The van der Waals surface area contributed by atoms with Gasteiger partial charge in [-0.3, -0.25) is 0 Å². The molecule has 0 aromatic carbocycles. The van der Waals surface area contributed by atoms with Crippen molar-refractivity contribution in [3.05, 3.63) is 0 Å². The smallest absolute Gasteiger partial charge is 0.407 e. The summed E-state index contributed by atoms with van der Waals surface area (Å²) < 4.78 is 5.26. The Balaban J connectivity index is 2.18. The van der Waals surface area contributed by atoms with Crippen molar-refractivity contribution >= 4 is 6.09 Å². The first-order valence-electron chi connectivity index (χ1n) is 7.71. The predicted octanol–water partition coefficient (Wildman–Crippen LogP) is 2.18. The number of ether oxygens (including phenoxy) is 1. The molecule has 3 N–H and O–H groups in total. The van der Waals surface area contributed by atoms with Gasteiger partial charge in [-0.15, -0.1) is 0 Å². The summed E-state index contributed by atoms with van der Waals surface area (Å²) in [7, 11) is 0. The molecule has 1 aliphatic rings. The number of aliphatic hydroxyl groups excluding tert-OH is 1. The lowest BCUT2D eigenvalue weighted by Gasteiger charge is -2.22. The van der Waals surface area contributed by atoms with E-state index in [0.717, 1.165) is 38.6 Å². The largest absolute Gasteiger partial charge is 0.444 e. The van der Waals surface area contributed by atoms with Gasteiger partial charge in [0, 0.05) is 12.1 Å². The molecular formula is C15H30N2O3. The normalized spacial score (nSPS) is 24.4. The summed E-state index contributed by atoms with van der Waals surface area (Å²) in [4.78, 5) is 11.7. The van der Waals surface area contributed by atoms with Crippen molar-refractivity contribution < 1.29 is 14.6 Å². The van der Waals surface area contributed by atoms with E-state index in [9.17, 15) is 9.90 Å². The van der Waals surface area contributed by atoms with Crippen molar-refractivity contribution in [3.8, 4) is 0 Å². The quantitative estimate of drug-likeness (QED) is 0.700. The Labute approximate surface area is 122 Å². The highest BCUT2D eigenvalue weighted by Gasteiger charge is 2.27. The van der Waals surface area contributed by atoms with Crippen LogP contribution in [0.4, 0.5) is 4.79 Å². The van der Waals surface area contributed by atoms with E-state index in [4.69, 9.17) is 4.74 Å². The summed E-state index contributed by atoms with van der Waals surface area (Å²) in [6.07, 6.45) is 4.02. The molecule has 1 amide bonds. The second-order valence-corrected chi connectivity index (χ2v) is 6.66. The third-order valence-electron chi connectivity index (χ3n) is 3.54.